The van der Waals surface area contributed by atoms with Gasteiger partial charge in [0.25, 0.3) is 0 Å². The molecule has 0 aliphatic carbocycles. The lowest BCUT2D eigenvalue weighted by atomic mass is 9.78. The maximum atomic E-state index is 12.4. The van der Waals surface area contributed by atoms with Crippen LogP contribution in [0.1, 0.15) is 39.0 Å². The highest BCUT2D eigenvalue weighted by Gasteiger charge is 2.40. The zero-order chi connectivity index (χ0) is 13.7. The largest absolute Gasteiger partial charge is 0.384 e. The second kappa shape index (κ2) is 7.09. The fourth-order valence-corrected chi connectivity index (χ4v) is 4.48. The van der Waals surface area contributed by atoms with E-state index in [1.165, 1.54) is 11.5 Å². The number of hydrogen-bond acceptors (Lipinski definition) is 4. The van der Waals surface area contributed by atoms with Crippen molar-refractivity contribution in [2.75, 3.05) is 31.8 Å². The normalized spacial score (nSPS) is 28.2. The van der Waals surface area contributed by atoms with Gasteiger partial charge in [-0.15, -0.1) is 0 Å². The molecule has 0 saturated carbocycles. The molecule has 0 amide bonds. The highest BCUT2D eigenvalue weighted by molar-refractivity contribution is 7.99. The maximum Gasteiger partial charge on any atom is 0.136 e. The molecular weight excluding hydrogens is 260 g/mol. The molecule has 0 bridgehead atoms. The Morgan fingerprint density at radius 1 is 1.47 bits per heavy atom. The van der Waals surface area contributed by atoms with Crippen LogP contribution < -0.4 is 0 Å². The van der Waals surface area contributed by atoms with E-state index in [-0.39, 0.29) is 11.5 Å². The first kappa shape index (κ1) is 15.3. The van der Waals surface area contributed by atoms with Gasteiger partial charge < -0.3 is 9.47 Å². The number of rotatable bonds is 5. The summed E-state index contributed by atoms with van der Waals surface area (Å²) >= 11 is 2.01. The molecule has 4 heteroatoms. The fraction of sp³-hybridized carbons (Fsp3) is 0.933. The summed E-state index contributed by atoms with van der Waals surface area (Å²) in [6, 6.07) is 0. The predicted molar refractivity (Wildman–Crippen MR) is 78.6 cm³/mol. The van der Waals surface area contributed by atoms with Gasteiger partial charge in [-0.1, -0.05) is 6.92 Å². The van der Waals surface area contributed by atoms with E-state index in [0.717, 1.165) is 32.3 Å². The van der Waals surface area contributed by atoms with Crippen LogP contribution in [0.5, 0.6) is 0 Å². The van der Waals surface area contributed by atoms with Gasteiger partial charge in [0.15, 0.2) is 0 Å². The first-order chi connectivity index (χ1) is 9.15. The van der Waals surface area contributed by atoms with Gasteiger partial charge in [0, 0.05) is 32.7 Å². The number of thioether (sulfide) groups is 1. The Bertz CT molecular complexity index is 294. The Kier molecular flexibility index (Phi) is 5.72. The van der Waals surface area contributed by atoms with Crippen LogP contribution in [0.2, 0.25) is 0 Å². The number of ether oxygens (including phenoxy) is 2. The fourth-order valence-electron chi connectivity index (χ4n) is 3.25. The second-order valence-electron chi connectivity index (χ2n) is 6.06. The molecule has 2 aliphatic rings. The Labute approximate surface area is 120 Å². The van der Waals surface area contributed by atoms with Crippen molar-refractivity contribution >= 4 is 17.5 Å². The number of methoxy groups -OCH3 is 1. The monoisotopic (exact) mass is 286 g/mol. The second-order valence-corrected chi connectivity index (χ2v) is 7.29. The molecule has 2 aliphatic heterocycles. The zero-order valence-electron chi connectivity index (χ0n) is 12.2. The molecule has 0 radical (unpaired) electrons. The van der Waals surface area contributed by atoms with E-state index in [1.807, 2.05) is 11.8 Å². The summed E-state index contributed by atoms with van der Waals surface area (Å²) in [4.78, 5) is 12.4. The van der Waals surface area contributed by atoms with Crippen molar-refractivity contribution in [3.63, 3.8) is 0 Å². The minimum absolute atomic E-state index is 0.0221. The summed E-state index contributed by atoms with van der Waals surface area (Å²) in [6.07, 6.45) is 4.76. The third-order valence-corrected chi connectivity index (χ3v) is 5.34. The standard InChI is InChI=1S/C15H26O3S/c1-12(11-17-2)9-14(16)13-3-6-18-15(10-13)4-7-19-8-5-15/h12-13H,3-11H2,1-2H3. The molecule has 110 valence electrons. The average Bonchev–Trinajstić information content (AvgIpc) is 2.40. The highest BCUT2D eigenvalue weighted by Crippen LogP contribution is 2.40. The molecule has 0 N–H and O–H groups in total. The van der Waals surface area contributed by atoms with Crippen LogP contribution in [0, 0.1) is 11.8 Å². The Balaban J connectivity index is 1.87. The maximum absolute atomic E-state index is 12.4. The molecule has 3 nitrogen and oxygen atoms in total. The number of hydrogen-bond donors (Lipinski definition) is 0. The van der Waals surface area contributed by atoms with Crippen LogP contribution >= 0.6 is 11.8 Å². The van der Waals surface area contributed by atoms with Gasteiger partial charge in [0.05, 0.1) is 5.60 Å². The molecule has 2 saturated heterocycles. The van der Waals surface area contributed by atoms with Gasteiger partial charge in [-0.2, -0.15) is 11.8 Å². The van der Waals surface area contributed by atoms with Crippen molar-refractivity contribution in [2.45, 2.75) is 44.6 Å². The molecule has 2 rings (SSSR count). The van der Waals surface area contributed by atoms with Gasteiger partial charge in [-0.25, -0.2) is 0 Å². The molecule has 0 aromatic carbocycles. The van der Waals surface area contributed by atoms with Crippen molar-refractivity contribution < 1.29 is 14.3 Å². The van der Waals surface area contributed by atoms with Crippen molar-refractivity contribution in [3.8, 4) is 0 Å². The quantitative estimate of drug-likeness (QED) is 0.778. The van der Waals surface area contributed by atoms with Crippen molar-refractivity contribution in [3.05, 3.63) is 0 Å². The van der Waals surface area contributed by atoms with Crippen LogP contribution in [0.3, 0.4) is 0 Å². The molecule has 2 fully saturated rings. The lowest BCUT2D eigenvalue weighted by Gasteiger charge is -2.43. The third kappa shape index (κ3) is 4.20. The first-order valence-corrected chi connectivity index (χ1v) is 8.54. The van der Waals surface area contributed by atoms with Crippen LogP contribution in [0.25, 0.3) is 0 Å². The van der Waals surface area contributed by atoms with E-state index in [2.05, 4.69) is 6.92 Å². The minimum atomic E-state index is 0.0221. The number of ketones is 1. The molecular formula is C15H26O3S. The van der Waals surface area contributed by atoms with Gasteiger partial charge >= 0.3 is 0 Å². The smallest absolute Gasteiger partial charge is 0.136 e. The Morgan fingerprint density at radius 3 is 2.89 bits per heavy atom. The molecule has 0 aromatic heterocycles. The molecule has 1 spiro atoms. The summed E-state index contributed by atoms with van der Waals surface area (Å²) in [5, 5.41) is 0. The average molecular weight is 286 g/mol. The molecule has 2 heterocycles. The number of carbonyl (C=O) groups is 1. The molecule has 19 heavy (non-hydrogen) atoms. The Morgan fingerprint density at radius 2 is 2.21 bits per heavy atom. The summed E-state index contributed by atoms with van der Waals surface area (Å²) in [6.45, 7) is 3.53. The Hall–Kier alpha value is -0.0600. The van der Waals surface area contributed by atoms with E-state index in [1.54, 1.807) is 7.11 Å². The summed E-state index contributed by atoms with van der Waals surface area (Å²) < 4.78 is 11.2. The number of carbonyl (C=O) groups excluding carboxylic acids is 1. The van der Waals surface area contributed by atoms with Gasteiger partial charge in [-0.3, -0.25) is 4.79 Å². The van der Waals surface area contributed by atoms with Crippen LogP contribution in [0.4, 0.5) is 0 Å². The van der Waals surface area contributed by atoms with Crippen molar-refractivity contribution in [2.24, 2.45) is 11.8 Å². The lowest BCUT2D eigenvalue weighted by molar-refractivity contribution is -0.139. The van der Waals surface area contributed by atoms with Gasteiger partial charge in [0.1, 0.15) is 5.78 Å². The van der Waals surface area contributed by atoms with Gasteiger partial charge in [0.2, 0.25) is 0 Å². The minimum Gasteiger partial charge on any atom is -0.384 e. The molecule has 0 aromatic rings. The summed E-state index contributed by atoms with van der Waals surface area (Å²) in [5.74, 6) is 3.34. The van der Waals surface area contributed by atoms with E-state index in [4.69, 9.17) is 9.47 Å². The van der Waals surface area contributed by atoms with Crippen LogP contribution in [-0.2, 0) is 14.3 Å². The van der Waals surface area contributed by atoms with E-state index in [0.29, 0.717) is 24.7 Å². The lowest BCUT2D eigenvalue weighted by Crippen LogP contribution is -2.44. The molecule has 2 atom stereocenters. The highest BCUT2D eigenvalue weighted by atomic mass is 32.2. The van der Waals surface area contributed by atoms with Crippen LogP contribution in [-0.4, -0.2) is 43.2 Å². The van der Waals surface area contributed by atoms with Crippen LogP contribution in [0.15, 0.2) is 0 Å². The topological polar surface area (TPSA) is 35.5 Å². The van der Waals surface area contributed by atoms with Crippen molar-refractivity contribution in [1.82, 2.24) is 0 Å². The van der Waals surface area contributed by atoms with Gasteiger partial charge in [-0.05, 0) is 43.1 Å². The summed E-state index contributed by atoms with van der Waals surface area (Å²) in [5.41, 5.74) is 0.0221. The third-order valence-electron chi connectivity index (χ3n) is 4.35. The van der Waals surface area contributed by atoms with E-state index < -0.39 is 0 Å². The summed E-state index contributed by atoms with van der Waals surface area (Å²) in [7, 11) is 1.70. The predicted octanol–water partition coefficient (Wildman–Crippen LogP) is 2.92. The van der Waals surface area contributed by atoms with E-state index >= 15 is 0 Å². The SMILES string of the molecule is COCC(C)CC(=O)C1CCOC2(CCSCC2)C1. The van der Waals surface area contributed by atoms with E-state index in [9.17, 15) is 4.79 Å². The van der Waals surface area contributed by atoms with Crippen molar-refractivity contribution in [1.29, 1.82) is 0 Å². The molecule has 2 unspecified atom stereocenters. The number of Topliss-reactive ketones (excluding diaryl/α,β-unsaturated/α-hetero) is 1. The first-order valence-electron chi connectivity index (χ1n) is 7.38. The zero-order valence-corrected chi connectivity index (χ0v) is 13.0.